The van der Waals surface area contributed by atoms with Gasteiger partial charge in [0, 0.05) is 0 Å². The molecule has 0 aliphatic carbocycles. The van der Waals surface area contributed by atoms with E-state index in [1.54, 1.807) is 0 Å². The highest BCUT2D eigenvalue weighted by Crippen LogP contribution is 2.13. The lowest BCUT2D eigenvalue weighted by Crippen LogP contribution is -2.16. The summed E-state index contributed by atoms with van der Waals surface area (Å²) in [5.41, 5.74) is 0. The first-order chi connectivity index (χ1) is 11.4. The third kappa shape index (κ3) is 22.0. The molecule has 1 heteroatoms. The highest BCUT2D eigenvalue weighted by atomic mass is 14.8. The third-order valence-electron chi connectivity index (χ3n) is 4.91. The van der Waals surface area contributed by atoms with E-state index in [9.17, 15) is 0 Å². The van der Waals surface area contributed by atoms with Crippen LogP contribution in [0.3, 0.4) is 0 Å². The molecule has 0 spiro atoms. The van der Waals surface area contributed by atoms with Crippen molar-refractivity contribution in [1.82, 2.24) is 5.32 Å². The van der Waals surface area contributed by atoms with Gasteiger partial charge in [0.05, 0.1) is 0 Å². The van der Waals surface area contributed by atoms with Crippen molar-refractivity contribution < 1.29 is 0 Å². The molecule has 0 rings (SSSR count). The maximum atomic E-state index is 3.54. The van der Waals surface area contributed by atoms with E-state index in [0.29, 0.717) is 0 Å². The van der Waals surface area contributed by atoms with Crippen LogP contribution in [0.25, 0.3) is 0 Å². The fraction of sp³-hybridized carbons (Fsp3) is 1.00. The van der Waals surface area contributed by atoms with Gasteiger partial charge in [0.25, 0.3) is 0 Å². The van der Waals surface area contributed by atoms with Gasteiger partial charge in [0.2, 0.25) is 0 Å². The molecule has 0 aromatic carbocycles. The molecule has 0 aliphatic rings. The minimum absolute atomic E-state index is 1.22. The Morgan fingerprint density at radius 2 is 0.652 bits per heavy atom. The first-order valence-electron chi connectivity index (χ1n) is 11.1. The molecule has 23 heavy (non-hydrogen) atoms. The van der Waals surface area contributed by atoms with Crippen molar-refractivity contribution in [2.24, 2.45) is 0 Å². The van der Waals surface area contributed by atoms with E-state index in [2.05, 4.69) is 19.2 Å². The second-order valence-corrected chi connectivity index (χ2v) is 7.41. The average Bonchev–Trinajstić information content (AvgIpc) is 2.57. The van der Waals surface area contributed by atoms with Crippen LogP contribution in [-0.2, 0) is 0 Å². The van der Waals surface area contributed by atoms with Crippen LogP contribution in [0.5, 0.6) is 0 Å². The van der Waals surface area contributed by atoms with Gasteiger partial charge in [-0.25, -0.2) is 0 Å². The summed E-state index contributed by atoms with van der Waals surface area (Å²) < 4.78 is 0. The van der Waals surface area contributed by atoms with Crippen LogP contribution < -0.4 is 5.32 Å². The highest BCUT2D eigenvalue weighted by molar-refractivity contribution is 4.51. The van der Waals surface area contributed by atoms with E-state index in [1.165, 1.54) is 129 Å². The maximum absolute atomic E-state index is 3.54. The number of unbranched alkanes of at least 4 members (excludes halogenated alkanes) is 16. The van der Waals surface area contributed by atoms with Gasteiger partial charge in [0.1, 0.15) is 0 Å². The van der Waals surface area contributed by atoms with Crippen LogP contribution in [0.2, 0.25) is 0 Å². The predicted octanol–water partition coefficient (Wildman–Crippen LogP) is 7.64. The molecule has 0 bridgehead atoms. The van der Waals surface area contributed by atoms with Crippen LogP contribution >= 0.6 is 0 Å². The number of nitrogens with one attached hydrogen (secondary N) is 1. The van der Waals surface area contributed by atoms with Crippen LogP contribution in [-0.4, -0.2) is 13.1 Å². The van der Waals surface area contributed by atoms with E-state index in [0.717, 1.165) is 0 Å². The summed E-state index contributed by atoms with van der Waals surface area (Å²) in [5.74, 6) is 0. The molecule has 0 saturated heterocycles. The van der Waals surface area contributed by atoms with Gasteiger partial charge in [0.15, 0.2) is 0 Å². The van der Waals surface area contributed by atoms with Crippen LogP contribution in [0.1, 0.15) is 129 Å². The number of rotatable bonds is 20. The average molecular weight is 326 g/mol. The lowest BCUT2D eigenvalue weighted by Gasteiger charge is -2.04. The van der Waals surface area contributed by atoms with E-state index in [-0.39, 0.29) is 0 Å². The molecule has 0 aromatic rings. The van der Waals surface area contributed by atoms with E-state index < -0.39 is 0 Å². The normalized spacial score (nSPS) is 11.2. The molecule has 0 unspecified atom stereocenters. The quantitative estimate of drug-likeness (QED) is 0.227. The van der Waals surface area contributed by atoms with Gasteiger partial charge in [-0.1, -0.05) is 117 Å². The SMILES string of the molecule is CCCCCCCCCCCCCCCCCCNCCCC. The second-order valence-electron chi connectivity index (χ2n) is 7.41. The fourth-order valence-corrected chi connectivity index (χ4v) is 3.22. The van der Waals surface area contributed by atoms with Crippen LogP contribution in [0, 0.1) is 0 Å². The Morgan fingerprint density at radius 1 is 0.348 bits per heavy atom. The van der Waals surface area contributed by atoms with Crippen LogP contribution in [0.4, 0.5) is 0 Å². The summed E-state index contributed by atoms with van der Waals surface area (Å²) in [6, 6.07) is 0. The van der Waals surface area contributed by atoms with Crippen molar-refractivity contribution in [2.75, 3.05) is 13.1 Å². The number of hydrogen-bond donors (Lipinski definition) is 1. The largest absolute Gasteiger partial charge is 0.317 e. The van der Waals surface area contributed by atoms with Gasteiger partial charge >= 0.3 is 0 Å². The zero-order valence-corrected chi connectivity index (χ0v) is 16.6. The zero-order valence-electron chi connectivity index (χ0n) is 16.6. The maximum Gasteiger partial charge on any atom is -0.00489 e. The summed E-state index contributed by atoms with van der Waals surface area (Å²) in [5, 5.41) is 3.54. The predicted molar refractivity (Wildman–Crippen MR) is 107 cm³/mol. The summed E-state index contributed by atoms with van der Waals surface area (Å²) in [4.78, 5) is 0. The second kappa shape index (κ2) is 22.0. The van der Waals surface area contributed by atoms with E-state index in [1.807, 2.05) is 0 Å². The van der Waals surface area contributed by atoms with E-state index in [4.69, 9.17) is 0 Å². The topological polar surface area (TPSA) is 12.0 Å². The molecule has 140 valence electrons. The Balaban J connectivity index is 2.92. The molecular formula is C22H47N. The Morgan fingerprint density at radius 3 is 1.04 bits per heavy atom. The standard InChI is InChI=1S/C22H47N/c1-3-5-7-8-9-10-11-12-13-14-15-16-17-18-19-20-22-23-21-6-4-2/h23H,3-22H2,1-2H3. The lowest BCUT2D eigenvalue weighted by molar-refractivity contribution is 0.524. The van der Waals surface area contributed by atoms with Gasteiger partial charge in [-0.05, 0) is 25.9 Å². The van der Waals surface area contributed by atoms with Gasteiger partial charge in [-0.3, -0.25) is 0 Å². The number of hydrogen-bond acceptors (Lipinski definition) is 1. The van der Waals surface area contributed by atoms with E-state index >= 15 is 0 Å². The Labute approximate surface area is 148 Å². The van der Waals surface area contributed by atoms with Crippen molar-refractivity contribution in [3.63, 3.8) is 0 Å². The zero-order chi connectivity index (χ0) is 16.8. The van der Waals surface area contributed by atoms with Crippen molar-refractivity contribution in [3.8, 4) is 0 Å². The Bertz CT molecular complexity index is 170. The first kappa shape index (κ1) is 23.0. The minimum Gasteiger partial charge on any atom is -0.317 e. The van der Waals surface area contributed by atoms with Crippen molar-refractivity contribution in [3.05, 3.63) is 0 Å². The highest BCUT2D eigenvalue weighted by Gasteiger charge is 1.94. The lowest BCUT2D eigenvalue weighted by atomic mass is 10.0. The van der Waals surface area contributed by atoms with Gasteiger partial charge < -0.3 is 5.32 Å². The molecule has 0 aromatic heterocycles. The van der Waals surface area contributed by atoms with Crippen molar-refractivity contribution in [2.45, 2.75) is 129 Å². The summed E-state index contributed by atoms with van der Waals surface area (Å²) in [6.07, 6.45) is 26.0. The molecule has 0 aliphatic heterocycles. The molecule has 0 saturated carbocycles. The Hall–Kier alpha value is -0.0400. The first-order valence-corrected chi connectivity index (χ1v) is 11.1. The van der Waals surface area contributed by atoms with Crippen LogP contribution in [0.15, 0.2) is 0 Å². The molecule has 0 atom stereocenters. The summed E-state index contributed by atoms with van der Waals surface area (Å²) in [7, 11) is 0. The Kier molecular flexibility index (Phi) is 21.9. The molecule has 0 radical (unpaired) electrons. The van der Waals surface area contributed by atoms with Gasteiger partial charge in [-0.15, -0.1) is 0 Å². The fourth-order valence-electron chi connectivity index (χ4n) is 3.22. The third-order valence-corrected chi connectivity index (χ3v) is 4.91. The smallest absolute Gasteiger partial charge is 0.00489 e. The van der Waals surface area contributed by atoms with Gasteiger partial charge in [-0.2, -0.15) is 0 Å². The van der Waals surface area contributed by atoms with Crippen molar-refractivity contribution >= 4 is 0 Å². The summed E-state index contributed by atoms with van der Waals surface area (Å²) >= 11 is 0. The molecule has 0 heterocycles. The van der Waals surface area contributed by atoms with Crippen molar-refractivity contribution in [1.29, 1.82) is 0 Å². The monoisotopic (exact) mass is 325 g/mol. The molecule has 0 fully saturated rings. The minimum atomic E-state index is 1.22. The molecule has 0 amide bonds. The molecular weight excluding hydrogens is 278 g/mol. The molecule has 1 nitrogen and oxygen atoms in total. The summed E-state index contributed by atoms with van der Waals surface area (Å²) in [6.45, 7) is 7.01. The molecule has 1 N–H and O–H groups in total.